The van der Waals surface area contributed by atoms with E-state index >= 15 is 0 Å². The first-order chi connectivity index (χ1) is 11.8. The lowest BCUT2D eigenvalue weighted by molar-refractivity contribution is 0.407. The van der Waals surface area contributed by atoms with Crippen molar-refractivity contribution < 1.29 is 9.47 Å². The van der Waals surface area contributed by atoms with E-state index in [0.717, 1.165) is 47.7 Å². The third-order valence-electron chi connectivity index (χ3n) is 4.65. The zero-order valence-corrected chi connectivity index (χ0v) is 14.0. The van der Waals surface area contributed by atoms with E-state index in [9.17, 15) is 0 Å². The van der Waals surface area contributed by atoms with Crippen LogP contribution in [0.2, 0.25) is 0 Å². The second kappa shape index (κ2) is 6.04. The number of fused-ring (bicyclic) bond motifs is 2. The summed E-state index contributed by atoms with van der Waals surface area (Å²) in [5.74, 6) is 2.86. The molecule has 0 aliphatic carbocycles. The van der Waals surface area contributed by atoms with Crippen LogP contribution in [0.25, 0.3) is 10.9 Å². The van der Waals surface area contributed by atoms with E-state index in [-0.39, 0.29) is 0 Å². The van der Waals surface area contributed by atoms with E-state index in [4.69, 9.17) is 14.5 Å². The number of hydrogen-bond acceptors (Lipinski definition) is 4. The van der Waals surface area contributed by atoms with E-state index in [2.05, 4.69) is 29.2 Å². The van der Waals surface area contributed by atoms with Gasteiger partial charge in [-0.25, -0.2) is 4.98 Å². The molecule has 2 aromatic carbocycles. The van der Waals surface area contributed by atoms with Gasteiger partial charge in [-0.3, -0.25) is 0 Å². The van der Waals surface area contributed by atoms with E-state index in [1.165, 1.54) is 11.1 Å². The molecular weight excluding hydrogens is 300 g/mol. The summed E-state index contributed by atoms with van der Waals surface area (Å²) in [7, 11) is 3.42. The molecule has 4 rings (SSSR count). The van der Waals surface area contributed by atoms with Crippen LogP contribution < -0.4 is 14.4 Å². The second-order valence-corrected chi connectivity index (χ2v) is 6.00. The topological polar surface area (TPSA) is 34.6 Å². The van der Waals surface area contributed by atoms with Crippen LogP contribution in [0.15, 0.2) is 48.5 Å². The molecule has 0 spiro atoms. The van der Waals surface area contributed by atoms with Crippen molar-refractivity contribution in [3.8, 4) is 11.5 Å². The molecule has 122 valence electrons. The van der Waals surface area contributed by atoms with Crippen molar-refractivity contribution in [2.24, 2.45) is 0 Å². The van der Waals surface area contributed by atoms with Gasteiger partial charge in [-0.1, -0.05) is 12.1 Å². The maximum atomic E-state index is 5.49. The van der Waals surface area contributed by atoms with E-state index in [0.29, 0.717) is 0 Å². The molecule has 1 aromatic heterocycles. The average molecular weight is 320 g/mol. The van der Waals surface area contributed by atoms with Gasteiger partial charge in [0, 0.05) is 24.0 Å². The molecule has 0 saturated heterocycles. The van der Waals surface area contributed by atoms with Crippen molar-refractivity contribution in [2.45, 2.75) is 13.0 Å². The van der Waals surface area contributed by atoms with E-state index in [1.54, 1.807) is 14.2 Å². The molecule has 3 aromatic rings. The smallest absolute Gasteiger partial charge is 0.129 e. The Kier molecular flexibility index (Phi) is 3.73. The molecule has 4 nitrogen and oxygen atoms in total. The standard InChI is InChI=1S/C20H20N2O2/c1-23-16-7-8-18-14(12-16)6-9-20(21-18)22-11-10-17-15(13-22)4-3-5-19(17)24-2/h3-9,12H,10-11,13H2,1-2H3. The average Bonchev–Trinajstić information content (AvgIpc) is 2.66. The Morgan fingerprint density at radius 3 is 2.75 bits per heavy atom. The molecule has 4 heteroatoms. The Balaban J connectivity index is 1.66. The first kappa shape index (κ1) is 14.8. The minimum atomic E-state index is 0.857. The summed E-state index contributed by atoms with van der Waals surface area (Å²) >= 11 is 0. The van der Waals surface area contributed by atoms with Crippen LogP contribution in [0.1, 0.15) is 11.1 Å². The van der Waals surface area contributed by atoms with Crippen LogP contribution in [0.5, 0.6) is 11.5 Å². The van der Waals surface area contributed by atoms with Crippen LogP contribution in [0, 0.1) is 0 Å². The number of hydrogen-bond donors (Lipinski definition) is 0. The quantitative estimate of drug-likeness (QED) is 0.735. The molecule has 0 amide bonds. The molecule has 0 radical (unpaired) electrons. The van der Waals surface area contributed by atoms with Gasteiger partial charge in [0.1, 0.15) is 17.3 Å². The molecule has 0 atom stereocenters. The monoisotopic (exact) mass is 320 g/mol. The van der Waals surface area contributed by atoms with Crippen LogP contribution in [-0.2, 0) is 13.0 Å². The van der Waals surface area contributed by atoms with Crippen LogP contribution >= 0.6 is 0 Å². The van der Waals surface area contributed by atoms with Gasteiger partial charge in [-0.2, -0.15) is 0 Å². The SMILES string of the molecule is COc1ccc2nc(N3CCc4c(cccc4OC)C3)ccc2c1. The van der Waals surface area contributed by atoms with Crippen molar-refractivity contribution in [3.05, 3.63) is 59.7 Å². The van der Waals surface area contributed by atoms with Gasteiger partial charge >= 0.3 is 0 Å². The van der Waals surface area contributed by atoms with Gasteiger partial charge in [-0.05, 0) is 48.4 Å². The number of aromatic nitrogens is 1. The lowest BCUT2D eigenvalue weighted by atomic mass is 9.98. The highest BCUT2D eigenvalue weighted by molar-refractivity contribution is 5.82. The minimum Gasteiger partial charge on any atom is -0.497 e. The number of nitrogens with zero attached hydrogens (tertiary/aromatic N) is 2. The summed E-state index contributed by atoms with van der Waals surface area (Å²) in [5, 5.41) is 1.09. The van der Waals surface area contributed by atoms with E-state index < -0.39 is 0 Å². The number of pyridine rings is 1. The molecule has 0 bridgehead atoms. The maximum Gasteiger partial charge on any atom is 0.129 e. The Morgan fingerprint density at radius 1 is 1.00 bits per heavy atom. The van der Waals surface area contributed by atoms with Gasteiger partial charge in [0.05, 0.1) is 19.7 Å². The molecule has 0 fully saturated rings. The zero-order valence-electron chi connectivity index (χ0n) is 14.0. The number of ether oxygens (including phenoxy) is 2. The summed E-state index contributed by atoms with van der Waals surface area (Å²) in [6, 6.07) is 16.5. The summed E-state index contributed by atoms with van der Waals surface area (Å²) in [6.07, 6.45) is 0.974. The fraction of sp³-hybridized carbons (Fsp3) is 0.250. The molecule has 24 heavy (non-hydrogen) atoms. The largest absolute Gasteiger partial charge is 0.497 e. The minimum absolute atomic E-state index is 0.857. The lowest BCUT2D eigenvalue weighted by Crippen LogP contribution is -2.31. The highest BCUT2D eigenvalue weighted by atomic mass is 16.5. The summed E-state index contributed by atoms with van der Waals surface area (Å²) in [5.41, 5.74) is 3.63. The Bertz CT molecular complexity index is 892. The molecule has 0 saturated carbocycles. The molecule has 2 heterocycles. The number of rotatable bonds is 3. The second-order valence-electron chi connectivity index (χ2n) is 6.00. The number of benzene rings is 2. The predicted octanol–water partition coefficient (Wildman–Crippen LogP) is 3.81. The first-order valence-electron chi connectivity index (χ1n) is 8.13. The van der Waals surface area contributed by atoms with Gasteiger partial charge in [-0.15, -0.1) is 0 Å². The van der Waals surface area contributed by atoms with E-state index in [1.807, 2.05) is 24.3 Å². The maximum absolute atomic E-state index is 5.49. The van der Waals surface area contributed by atoms with Crippen LogP contribution in [0.4, 0.5) is 5.82 Å². The third-order valence-corrected chi connectivity index (χ3v) is 4.65. The molecular formula is C20H20N2O2. The fourth-order valence-corrected chi connectivity index (χ4v) is 3.36. The molecule has 1 aliphatic heterocycles. The molecule has 1 aliphatic rings. The molecule has 0 unspecified atom stereocenters. The summed E-state index contributed by atoms with van der Waals surface area (Å²) in [6.45, 7) is 1.81. The molecule has 0 N–H and O–H groups in total. The van der Waals surface area contributed by atoms with Gasteiger partial charge in [0.25, 0.3) is 0 Å². The normalized spacial score (nSPS) is 13.7. The van der Waals surface area contributed by atoms with Crippen molar-refractivity contribution >= 4 is 16.7 Å². The van der Waals surface area contributed by atoms with Crippen LogP contribution in [-0.4, -0.2) is 25.7 Å². The van der Waals surface area contributed by atoms with Crippen molar-refractivity contribution in [1.82, 2.24) is 4.98 Å². The fourth-order valence-electron chi connectivity index (χ4n) is 3.36. The Hall–Kier alpha value is -2.75. The van der Waals surface area contributed by atoms with Gasteiger partial charge in [0.2, 0.25) is 0 Å². The van der Waals surface area contributed by atoms with Gasteiger partial charge < -0.3 is 14.4 Å². The van der Waals surface area contributed by atoms with Crippen molar-refractivity contribution in [1.29, 1.82) is 0 Å². The van der Waals surface area contributed by atoms with Gasteiger partial charge in [0.15, 0.2) is 0 Å². The zero-order chi connectivity index (χ0) is 16.5. The third kappa shape index (κ3) is 2.54. The summed E-state index contributed by atoms with van der Waals surface area (Å²) in [4.78, 5) is 7.15. The Morgan fingerprint density at radius 2 is 1.92 bits per heavy atom. The van der Waals surface area contributed by atoms with Crippen molar-refractivity contribution in [2.75, 3.05) is 25.7 Å². The summed E-state index contributed by atoms with van der Waals surface area (Å²) < 4.78 is 10.8. The number of anilines is 1. The highest BCUT2D eigenvalue weighted by Crippen LogP contribution is 2.30. The van der Waals surface area contributed by atoms with Crippen molar-refractivity contribution in [3.63, 3.8) is 0 Å². The number of methoxy groups -OCH3 is 2. The first-order valence-corrected chi connectivity index (χ1v) is 8.13. The Labute approximate surface area is 141 Å². The van der Waals surface area contributed by atoms with Crippen LogP contribution in [0.3, 0.4) is 0 Å². The lowest BCUT2D eigenvalue weighted by Gasteiger charge is -2.30. The predicted molar refractivity (Wildman–Crippen MR) is 96.0 cm³/mol. The highest BCUT2D eigenvalue weighted by Gasteiger charge is 2.20.